The molecular formula is C15H13NO. The van der Waals surface area contributed by atoms with E-state index in [1.807, 2.05) is 37.3 Å². The zero-order chi connectivity index (χ0) is 12.1. The van der Waals surface area contributed by atoms with Crippen LogP contribution in [0, 0.1) is 18.8 Å². The van der Waals surface area contributed by atoms with E-state index in [9.17, 15) is 0 Å². The third-order valence-electron chi connectivity index (χ3n) is 2.44. The fourth-order valence-electron chi connectivity index (χ4n) is 1.45. The highest BCUT2D eigenvalue weighted by molar-refractivity contribution is 5.43. The van der Waals surface area contributed by atoms with E-state index in [-0.39, 0.29) is 6.61 Å². The minimum Gasteiger partial charge on any atom is -0.392 e. The van der Waals surface area contributed by atoms with Crippen LogP contribution in [0.4, 0.5) is 0 Å². The summed E-state index contributed by atoms with van der Waals surface area (Å²) in [4.78, 5) is 4.15. The van der Waals surface area contributed by atoms with Gasteiger partial charge in [-0.3, -0.25) is 0 Å². The van der Waals surface area contributed by atoms with Gasteiger partial charge in [0.2, 0.25) is 0 Å². The standard InChI is InChI=1S/C15H13NO/c1-12-4-6-13(7-5-12)8-9-15-14(11-17)3-2-10-16-15/h2-7,10,17H,11H2,1H3. The van der Waals surface area contributed by atoms with Gasteiger partial charge >= 0.3 is 0 Å². The van der Waals surface area contributed by atoms with E-state index < -0.39 is 0 Å². The SMILES string of the molecule is Cc1ccc(C#Cc2ncccc2CO)cc1. The van der Waals surface area contributed by atoms with E-state index in [4.69, 9.17) is 5.11 Å². The number of pyridine rings is 1. The molecule has 2 heteroatoms. The lowest BCUT2D eigenvalue weighted by molar-refractivity contribution is 0.281. The number of rotatable bonds is 1. The van der Waals surface area contributed by atoms with Crippen molar-refractivity contribution in [3.8, 4) is 11.8 Å². The molecule has 17 heavy (non-hydrogen) atoms. The molecule has 2 nitrogen and oxygen atoms in total. The molecule has 0 bridgehead atoms. The molecule has 0 unspecified atom stereocenters. The summed E-state index contributed by atoms with van der Waals surface area (Å²) < 4.78 is 0. The minimum absolute atomic E-state index is 0.0360. The van der Waals surface area contributed by atoms with Crippen LogP contribution in [-0.4, -0.2) is 10.1 Å². The lowest BCUT2D eigenvalue weighted by Gasteiger charge is -1.97. The Morgan fingerprint density at radius 2 is 1.88 bits per heavy atom. The van der Waals surface area contributed by atoms with Crippen molar-refractivity contribution in [3.05, 3.63) is 65.0 Å². The van der Waals surface area contributed by atoms with Crippen molar-refractivity contribution >= 4 is 0 Å². The Hall–Kier alpha value is -2.11. The first-order chi connectivity index (χ1) is 8.29. The quantitative estimate of drug-likeness (QED) is 0.752. The third-order valence-corrected chi connectivity index (χ3v) is 2.44. The van der Waals surface area contributed by atoms with Crippen molar-refractivity contribution in [1.29, 1.82) is 0 Å². The van der Waals surface area contributed by atoms with E-state index in [0.717, 1.165) is 11.1 Å². The maximum absolute atomic E-state index is 9.14. The molecule has 1 aromatic carbocycles. The molecule has 0 radical (unpaired) electrons. The average Bonchev–Trinajstić information content (AvgIpc) is 2.38. The number of aliphatic hydroxyl groups excluding tert-OH is 1. The second kappa shape index (κ2) is 5.29. The molecule has 2 rings (SSSR count). The van der Waals surface area contributed by atoms with Crippen LogP contribution in [0.3, 0.4) is 0 Å². The predicted molar refractivity (Wildman–Crippen MR) is 67.3 cm³/mol. The normalized spacial score (nSPS) is 9.53. The maximum Gasteiger partial charge on any atom is 0.118 e. The van der Waals surface area contributed by atoms with Crippen LogP contribution in [0.15, 0.2) is 42.6 Å². The number of aliphatic hydroxyl groups is 1. The molecule has 2 aromatic rings. The minimum atomic E-state index is -0.0360. The van der Waals surface area contributed by atoms with Gasteiger partial charge in [0.1, 0.15) is 5.69 Å². The lowest BCUT2D eigenvalue weighted by Crippen LogP contribution is -1.92. The highest BCUT2D eigenvalue weighted by atomic mass is 16.3. The Morgan fingerprint density at radius 1 is 1.12 bits per heavy atom. The number of aryl methyl sites for hydroxylation is 1. The number of hydrogen-bond donors (Lipinski definition) is 1. The molecule has 84 valence electrons. The second-order valence-electron chi connectivity index (χ2n) is 3.79. The highest BCUT2D eigenvalue weighted by Crippen LogP contribution is 2.05. The molecule has 0 spiro atoms. The predicted octanol–water partition coefficient (Wildman–Crippen LogP) is 2.28. The van der Waals surface area contributed by atoms with Crippen LogP contribution in [0.5, 0.6) is 0 Å². The Bertz CT molecular complexity index is 561. The Morgan fingerprint density at radius 3 is 2.59 bits per heavy atom. The highest BCUT2D eigenvalue weighted by Gasteiger charge is 1.97. The third kappa shape index (κ3) is 2.93. The Labute approximate surface area is 101 Å². The van der Waals surface area contributed by atoms with Crippen molar-refractivity contribution in [2.45, 2.75) is 13.5 Å². The second-order valence-corrected chi connectivity index (χ2v) is 3.79. The summed E-state index contributed by atoms with van der Waals surface area (Å²) in [6.45, 7) is 2.01. The molecule has 0 aliphatic rings. The van der Waals surface area contributed by atoms with Crippen LogP contribution < -0.4 is 0 Å². The van der Waals surface area contributed by atoms with E-state index in [0.29, 0.717) is 5.69 Å². The van der Waals surface area contributed by atoms with Gasteiger partial charge in [0.15, 0.2) is 0 Å². The zero-order valence-corrected chi connectivity index (χ0v) is 9.64. The van der Waals surface area contributed by atoms with Crippen molar-refractivity contribution in [3.63, 3.8) is 0 Å². The first-order valence-corrected chi connectivity index (χ1v) is 5.43. The van der Waals surface area contributed by atoms with E-state index >= 15 is 0 Å². The van der Waals surface area contributed by atoms with Gasteiger partial charge in [-0.05, 0) is 31.0 Å². The number of aromatic nitrogens is 1. The van der Waals surface area contributed by atoms with Crippen molar-refractivity contribution < 1.29 is 5.11 Å². The number of benzene rings is 1. The fraction of sp³-hybridized carbons (Fsp3) is 0.133. The largest absolute Gasteiger partial charge is 0.392 e. The first kappa shape index (κ1) is 11.4. The van der Waals surface area contributed by atoms with E-state index in [1.165, 1.54) is 5.56 Å². The molecule has 0 atom stereocenters. The summed E-state index contributed by atoms with van der Waals surface area (Å²) in [5, 5.41) is 9.14. The molecule has 1 heterocycles. The van der Waals surface area contributed by atoms with Crippen molar-refractivity contribution in [1.82, 2.24) is 4.98 Å². The number of nitrogens with zero attached hydrogens (tertiary/aromatic N) is 1. The van der Waals surface area contributed by atoms with Crippen LogP contribution >= 0.6 is 0 Å². The molecule has 1 N–H and O–H groups in total. The topological polar surface area (TPSA) is 33.1 Å². The first-order valence-electron chi connectivity index (χ1n) is 5.43. The van der Waals surface area contributed by atoms with Gasteiger partial charge in [0.25, 0.3) is 0 Å². The summed E-state index contributed by atoms with van der Waals surface area (Å²) in [6.07, 6.45) is 1.68. The summed E-state index contributed by atoms with van der Waals surface area (Å²) in [5.41, 5.74) is 3.55. The molecule has 0 aliphatic carbocycles. The van der Waals surface area contributed by atoms with Crippen molar-refractivity contribution in [2.24, 2.45) is 0 Å². The van der Waals surface area contributed by atoms with Gasteiger partial charge in [0.05, 0.1) is 6.61 Å². The molecule has 1 aromatic heterocycles. The van der Waals surface area contributed by atoms with Gasteiger partial charge < -0.3 is 5.11 Å². The summed E-state index contributed by atoms with van der Waals surface area (Å²) in [7, 11) is 0. The van der Waals surface area contributed by atoms with Gasteiger partial charge in [-0.25, -0.2) is 4.98 Å². The molecule has 0 saturated heterocycles. The van der Waals surface area contributed by atoms with Gasteiger partial charge in [-0.2, -0.15) is 0 Å². The maximum atomic E-state index is 9.14. The average molecular weight is 223 g/mol. The molecule has 0 fully saturated rings. The summed E-state index contributed by atoms with van der Waals surface area (Å²) >= 11 is 0. The van der Waals surface area contributed by atoms with Crippen molar-refractivity contribution in [2.75, 3.05) is 0 Å². The molecular weight excluding hydrogens is 210 g/mol. The lowest BCUT2D eigenvalue weighted by atomic mass is 10.1. The van der Waals surface area contributed by atoms with Crippen LogP contribution in [0.2, 0.25) is 0 Å². The van der Waals surface area contributed by atoms with Gasteiger partial charge in [-0.15, -0.1) is 0 Å². The molecule has 0 amide bonds. The molecule has 0 saturated carbocycles. The van der Waals surface area contributed by atoms with Crippen LogP contribution in [0.1, 0.15) is 22.4 Å². The Balaban J connectivity index is 2.29. The zero-order valence-electron chi connectivity index (χ0n) is 9.64. The monoisotopic (exact) mass is 223 g/mol. The summed E-state index contributed by atoms with van der Waals surface area (Å²) in [6, 6.07) is 11.6. The fourth-order valence-corrected chi connectivity index (χ4v) is 1.45. The smallest absolute Gasteiger partial charge is 0.118 e. The van der Waals surface area contributed by atoms with Crippen LogP contribution in [-0.2, 0) is 6.61 Å². The van der Waals surface area contributed by atoms with Crippen LogP contribution in [0.25, 0.3) is 0 Å². The summed E-state index contributed by atoms with van der Waals surface area (Å²) in [5.74, 6) is 6.02. The van der Waals surface area contributed by atoms with E-state index in [2.05, 4.69) is 16.8 Å². The van der Waals surface area contributed by atoms with E-state index in [1.54, 1.807) is 12.3 Å². The molecule has 0 aliphatic heterocycles. The number of hydrogen-bond acceptors (Lipinski definition) is 2. The Kier molecular flexibility index (Phi) is 3.54. The van der Waals surface area contributed by atoms with Gasteiger partial charge in [-0.1, -0.05) is 29.7 Å². The van der Waals surface area contributed by atoms with Gasteiger partial charge in [0, 0.05) is 17.3 Å².